The maximum Gasteiger partial charge on any atom is 0.573 e. The number of anilines is 1. The van der Waals surface area contributed by atoms with Crippen LogP contribution >= 0.6 is 22.6 Å². The predicted octanol–water partition coefficient (Wildman–Crippen LogP) is 3.99. The van der Waals surface area contributed by atoms with E-state index in [4.69, 9.17) is 0 Å². The first-order valence-corrected chi connectivity index (χ1v) is 8.37. The van der Waals surface area contributed by atoms with Gasteiger partial charge in [-0.3, -0.25) is 4.72 Å². The molecule has 0 unspecified atom stereocenters. The monoisotopic (exact) mass is 443 g/mol. The number of benzene rings is 2. The predicted molar refractivity (Wildman–Crippen MR) is 83.1 cm³/mol. The van der Waals surface area contributed by atoms with Crippen LogP contribution in [-0.4, -0.2) is 14.8 Å². The third-order valence-electron chi connectivity index (χ3n) is 2.46. The lowest BCUT2D eigenvalue weighted by Crippen LogP contribution is -2.20. The summed E-state index contributed by atoms with van der Waals surface area (Å²) >= 11 is 2.04. The molecule has 0 fully saturated rings. The zero-order valence-electron chi connectivity index (χ0n) is 10.8. The zero-order chi connectivity index (χ0) is 16.4. The Bertz CT molecular complexity index is 761. The van der Waals surface area contributed by atoms with Gasteiger partial charge in [0.05, 0.1) is 0 Å². The molecule has 0 radical (unpaired) electrons. The maximum absolute atomic E-state index is 12.3. The Morgan fingerprint density at radius 2 is 1.59 bits per heavy atom. The van der Waals surface area contributed by atoms with Crippen LogP contribution in [0.1, 0.15) is 0 Å². The van der Waals surface area contributed by atoms with Gasteiger partial charge >= 0.3 is 6.36 Å². The molecule has 0 atom stereocenters. The lowest BCUT2D eigenvalue weighted by molar-refractivity contribution is -0.275. The number of alkyl halides is 3. The van der Waals surface area contributed by atoms with E-state index in [1.165, 1.54) is 24.3 Å². The number of para-hydroxylation sites is 1. The zero-order valence-corrected chi connectivity index (χ0v) is 13.7. The summed E-state index contributed by atoms with van der Waals surface area (Å²) < 4.78 is 68.3. The molecule has 0 amide bonds. The van der Waals surface area contributed by atoms with Crippen molar-refractivity contribution in [1.29, 1.82) is 0 Å². The quantitative estimate of drug-likeness (QED) is 0.728. The lowest BCUT2D eigenvalue weighted by atomic mass is 10.3. The SMILES string of the molecule is O=S(=O)(Nc1ccc(I)cc1)c1ccccc1OC(F)(F)F. The lowest BCUT2D eigenvalue weighted by Gasteiger charge is -2.14. The van der Waals surface area contributed by atoms with Crippen molar-refractivity contribution in [2.45, 2.75) is 11.3 Å². The molecule has 0 saturated carbocycles. The highest BCUT2D eigenvalue weighted by atomic mass is 127. The first-order valence-electron chi connectivity index (χ1n) is 5.80. The van der Waals surface area contributed by atoms with Crippen molar-refractivity contribution in [3.8, 4) is 5.75 Å². The van der Waals surface area contributed by atoms with Crippen LogP contribution in [0, 0.1) is 3.57 Å². The molecule has 22 heavy (non-hydrogen) atoms. The summed E-state index contributed by atoms with van der Waals surface area (Å²) in [6.07, 6.45) is -4.98. The fourth-order valence-corrected chi connectivity index (χ4v) is 3.16. The number of sulfonamides is 1. The van der Waals surface area contributed by atoms with Crippen molar-refractivity contribution in [3.63, 3.8) is 0 Å². The van der Waals surface area contributed by atoms with Gasteiger partial charge in [-0.2, -0.15) is 0 Å². The Balaban J connectivity index is 2.35. The third-order valence-corrected chi connectivity index (χ3v) is 4.60. The van der Waals surface area contributed by atoms with Crippen LogP contribution in [0.3, 0.4) is 0 Å². The minimum atomic E-state index is -4.98. The van der Waals surface area contributed by atoms with Gasteiger partial charge in [-0.25, -0.2) is 8.42 Å². The number of halogens is 4. The summed E-state index contributed by atoms with van der Waals surface area (Å²) in [5, 5.41) is 0. The molecule has 0 aliphatic heterocycles. The molecule has 2 rings (SSSR count). The Hall–Kier alpha value is -1.49. The summed E-state index contributed by atoms with van der Waals surface area (Å²) in [6.45, 7) is 0. The average molecular weight is 443 g/mol. The van der Waals surface area contributed by atoms with E-state index in [9.17, 15) is 21.6 Å². The smallest absolute Gasteiger partial charge is 0.404 e. The van der Waals surface area contributed by atoms with Gasteiger partial charge in [0.1, 0.15) is 10.6 Å². The average Bonchev–Trinajstić information content (AvgIpc) is 2.40. The molecular weight excluding hydrogens is 434 g/mol. The normalized spacial score (nSPS) is 12.0. The van der Waals surface area contributed by atoms with Crippen molar-refractivity contribution in [2.75, 3.05) is 4.72 Å². The summed E-state index contributed by atoms with van der Waals surface area (Å²) in [5.74, 6) is -0.784. The van der Waals surface area contributed by atoms with Crippen LogP contribution < -0.4 is 9.46 Å². The highest BCUT2D eigenvalue weighted by Crippen LogP contribution is 2.30. The molecule has 0 heterocycles. The van der Waals surface area contributed by atoms with Crippen LogP contribution in [0.15, 0.2) is 53.4 Å². The molecule has 118 valence electrons. The Labute approximate surface area is 138 Å². The van der Waals surface area contributed by atoms with E-state index in [0.29, 0.717) is 0 Å². The number of hydrogen-bond donors (Lipinski definition) is 1. The second-order valence-electron chi connectivity index (χ2n) is 4.11. The van der Waals surface area contributed by atoms with Crippen LogP contribution in [0.25, 0.3) is 0 Å². The molecule has 0 bridgehead atoms. The molecule has 0 spiro atoms. The minimum absolute atomic E-state index is 0.238. The molecule has 4 nitrogen and oxygen atoms in total. The van der Waals surface area contributed by atoms with Crippen molar-refractivity contribution in [2.24, 2.45) is 0 Å². The molecule has 9 heteroatoms. The van der Waals surface area contributed by atoms with Gasteiger partial charge in [0.15, 0.2) is 0 Å². The second-order valence-corrected chi connectivity index (χ2v) is 7.00. The minimum Gasteiger partial charge on any atom is -0.404 e. The standard InChI is InChI=1S/C13H9F3INO3S/c14-13(15,16)21-11-3-1-2-4-12(11)22(19,20)18-10-7-5-9(17)6-8-10/h1-8,18H. The third kappa shape index (κ3) is 4.50. The van der Waals surface area contributed by atoms with Crippen molar-refractivity contribution < 1.29 is 26.3 Å². The fourth-order valence-electron chi connectivity index (χ4n) is 1.61. The molecule has 0 aromatic heterocycles. The van der Waals surface area contributed by atoms with E-state index in [1.807, 2.05) is 22.6 Å². The van der Waals surface area contributed by atoms with Crippen LogP contribution in [0.4, 0.5) is 18.9 Å². The molecule has 2 aromatic rings. The first kappa shape index (κ1) is 16.9. The molecule has 2 aromatic carbocycles. The Kier molecular flexibility index (Phi) is 4.85. The highest BCUT2D eigenvalue weighted by Gasteiger charge is 2.34. The Morgan fingerprint density at radius 3 is 2.18 bits per heavy atom. The summed E-state index contributed by atoms with van der Waals surface area (Å²) in [5.41, 5.74) is 0.238. The van der Waals surface area contributed by atoms with E-state index in [-0.39, 0.29) is 5.69 Å². The van der Waals surface area contributed by atoms with Crippen molar-refractivity contribution in [1.82, 2.24) is 0 Å². The van der Waals surface area contributed by atoms with Gasteiger partial charge in [-0.05, 0) is 59.0 Å². The van der Waals surface area contributed by atoms with Crippen molar-refractivity contribution in [3.05, 3.63) is 52.1 Å². The van der Waals surface area contributed by atoms with Gasteiger partial charge < -0.3 is 4.74 Å². The van der Waals surface area contributed by atoms with E-state index < -0.39 is 27.0 Å². The maximum atomic E-state index is 12.3. The molecule has 1 N–H and O–H groups in total. The van der Waals surface area contributed by atoms with Gasteiger partial charge in [0.25, 0.3) is 10.0 Å². The number of nitrogens with one attached hydrogen (secondary N) is 1. The summed E-state index contributed by atoms with van der Waals surface area (Å²) in [4.78, 5) is -0.592. The largest absolute Gasteiger partial charge is 0.573 e. The van der Waals surface area contributed by atoms with Crippen molar-refractivity contribution >= 4 is 38.3 Å². The molecule has 0 aliphatic carbocycles. The van der Waals surface area contributed by atoms with Gasteiger partial charge in [0.2, 0.25) is 0 Å². The topological polar surface area (TPSA) is 55.4 Å². The van der Waals surface area contributed by atoms with Gasteiger partial charge in [-0.15, -0.1) is 13.2 Å². The summed E-state index contributed by atoms with van der Waals surface area (Å²) in [7, 11) is -4.21. The van der Waals surface area contributed by atoms with E-state index in [0.717, 1.165) is 15.7 Å². The summed E-state index contributed by atoms with van der Waals surface area (Å²) in [6, 6.07) is 10.9. The number of ether oxygens (including phenoxy) is 1. The van der Waals surface area contributed by atoms with Crippen LogP contribution in [0.2, 0.25) is 0 Å². The fraction of sp³-hybridized carbons (Fsp3) is 0.0769. The van der Waals surface area contributed by atoms with E-state index >= 15 is 0 Å². The van der Waals surface area contributed by atoms with Gasteiger partial charge in [-0.1, -0.05) is 12.1 Å². The number of rotatable bonds is 4. The first-order chi connectivity index (χ1) is 10.2. The second kappa shape index (κ2) is 6.32. The highest BCUT2D eigenvalue weighted by molar-refractivity contribution is 14.1. The van der Waals surface area contributed by atoms with E-state index in [1.54, 1.807) is 12.1 Å². The van der Waals surface area contributed by atoms with Gasteiger partial charge in [0, 0.05) is 9.26 Å². The molecule has 0 aliphatic rings. The van der Waals surface area contributed by atoms with E-state index in [2.05, 4.69) is 9.46 Å². The number of hydrogen-bond acceptors (Lipinski definition) is 3. The Morgan fingerprint density at radius 1 is 1.00 bits per heavy atom. The molecular formula is C13H9F3INO3S. The van der Waals surface area contributed by atoms with Crippen LogP contribution in [-0.2, 0) is 10.0 Å². The molecule has 0 saturated heterocycles. The van der Waals surface area contributed by atoms with Crippen LogP contribution in [0.5, 0.6) is 5.75 Å².